The number of nitrogens with zero attached hydrogens (tertiary/aromatic N) is 3. The first-order valence-corrected chi connectivity index (χ1v) is 8.42. The molecule has 1 aliphatic rings. The Morgan fingerprint density at radius 1 is 1.41 bits per heavy atom. The third kappa shape index (κ3) is 6.02. The van der Waals surface area contributed by atoms with E-state index in [4.69, 9.17) is 0 Å². The van der Waals surface area contributed by atoms with Gasteiger partial charge in [-0.2, -0.15) is 0 Å². The van der Waals surface area contributed by atoms with E-state index in [2.05, 4.69) is 39.4 Å². The largest absolute Gasteiger partial charge is 0.357 e. The minimum Gasteiger partial charge on any atom is -0.357 e. The van der Waals surface area contributed by atoms with Gasteiger partial charge in [0.05, 0.1) is 12.2 Å². The van der Waals surface area contributed by atoms with Gasteiger partial charge in [-0.15, -0.1) is 0 Å². The average molecular weight is 303 g/mol. The Hall–Kier alpha value is -1.62. The number of aromatic nitrogens is 1. The molecule has 0 amide bonds. The van der Waals surface area contributed by atoms with Gasteiger partial charge >= 0.3 is 0 Å². The van der Waals surface area contributed by atoms with Crippen LogP contribution in [-0.2, 0) is 6.54 Å². The number of aliphatic imine (C=N–C) groups is 1. The van der Waals surface area contributed by atoms with E-state index in [0.29, 0.717) is 6.54 Å². The van der Waals surface area contributed by atoms with Crippen LogP contribution in [0.3, 0.4) is 0 Å². The second kappa shape index (κ2) is 9.41. The summed E-state index contributed by atoms with van der Waals surface area (Å²) >= 11 is 0. The summed E-state index contributed by atoms with van der Waals surface area (Å²) in [5, 5.41) is 6.71. The molecule has 1 atom stereocenters. The number of piperidine rings is 1. The summed E-state index contributed by atoms with van der Waals surface area (Å²) in [6, 6.07) is 5.92. The van der Waals surface area contributed by atoms with E-state index in [1.54, 1.807) is 0 Å². The van der Waals surface area contributed by atoms with E-state index in [1.807, 2.05) is 24.4 Å². The number of likely N-dealkylation sites (tertiary alicyclic amines) is 1. The standard InChI is InChI=1S/C17H29N5/c1-3-18-17(21-13-16-8-4-5-9-19-16)20-10-12-22-11-6-7-15(2)14-22/h4-5,8-9,15H,3,6-7,10-14H2,1-2H3,(H2,18,20,21). The summed E-state index contributed by atoms with van der Waals surface area (Å²) in [6.07, 6.45) is 4.51. The monoisotopic (exact) mass is 303 g/mol. The van der Waals surface area contributed by atoms with Crippen molar-refractivity contribution in [3.8, 4) is 0 Å². The highest BCUT2D eigenvalue weighted by atomic mass is 15.2. The van der Waals surface area contributed by atoms with Crippen LogP contribution in [0.15, 0.2) is 29.4 Å². The predicted octanol–water partition coefficient (Wildman–Crippen LogP) is 1.87. The zero-order valence-corrected chi connectivity index (χ0v) is 13.9. The molecule has 0 aliphatic carbocycles. The zero-order chi connectivity index (χ0) is 15.6. The second-order valence-corrected chi connectivity index (χ2v) is 5.99. The summed E-state index contributed by atoms with van der Waals surface area (Å²) < 4.78 is 0. The molecule has 1 aliphatic heterocycles. The Balaban J connectivity index is 1.76. The fourth-order valence-corrected chi connectivity index (χ4v) is 2.82. The van der Waals surface area contributed by atoms with Crippen LogP contribution in [0.1, 0.15) is 32.4 Å². The lowest BCUT2D eigenvalue weighted by Gasteiger charge is -2.30. The molecule has 0 aromatic carbocycles. The first kappa shape index (κ1) is 16.7. The Morgan fingerprint density at radius 3 is 3.05 bits per heavy atom. The molecular weight excluding hydrogens is 274 g/mol. The molecule has 2 rings (SSSR count). The van der Waals surface area contributed by atoms with Crippen molar-refractivity contribution in [3.63, 3.8) is 0 Å². The summed E-state index contributed by atoms with van der Waals surface area (Å²) in [5.41, 5.74) is 0.990. The Labute approximate surface area is 134 Å². The molecule has 5 nitrogen and oxygen atoms in total. The van der Waals surface area contributed by atoms with Crippen LogP contribution in [0.25, 0.3) is 0 Å². The van der Waals surface area contributed by atoms with Gasteiger partial charge in [0.15, 0.2) is 5.96 Å². The van der Waals surface area contributed by atoms with Gasteiger partial charge in [-0.25, -0.2) is 4.99 Å². The molecule has 1 unspecified atom stereocenters. The van der Waals surface area contributed by atoms with Gasteiger partial charge in [-0.1, -0.05) is 13.0 Å². The molecular formula is C17H29N5. The molecule has 122 valence electrons. The molecule has 0 saturated carbocycles. The van der Waals surface area contributed by atoms with Crippen molar-refractivity contribution < 1.29 is 0 Å². The summed E-state index contributed by atoms with van der Waals surface area (Å²) in [6.45, 7) is 10.4. The normalized spacial score (nSPS) is 19.9. The lowest BCUT2D eigenvalue weighted by atomic mass is 10.0. The van der Waals surface area contributed by atoms with Crippen molar-refractivity contribution in [2.24, 2.45) is 10.9 Å². The number of pyridine rings is 1. The van der Waals surface area contributed by atoms with Crippen LogP contribution in [0.4, 0.5) is 0 Å². The Morgan fingerprint density at radius 2 is 2.32 bits per heavy atom. The summed E-state index contributed by atoms with van der Waals surface area (Å²) in [4.78, 5) is 11.4. The van der Waals surface area contributed by atoms with Crippen LogP contribution >= 0.6 is 0 Å². The molecule has 22 heavy (non-hydrogen) atoms. The van der Waals surface area contributed by atoms with E-state index in [-0.39, 0.29) is 0 Å². The van der Waals surface area contributed by atoms with Gasteiger partial charge in [0.25, 0.3) is 0 Å². The van der Waals surface area contributed by atoms with Crippen molar-refractivity contribution in [1.82, 2.24) is 20.5 Å². The molecule has 2 N–H and O–H groups in total. The topological polar surface area (TPSA) is 52.6 Å². The van der Waals surface area contributed by atoms with Crippen molar-refractivity contribution >= 4 is 5.96 Å². The molecule has 1 fully saturated rings. The van der Waals surface area contributed by atoms with E-state index < -0.39 is 0 Å². The minimum atomic E-state index is 0.608. The van der Waals surface area contributed by atoms with Crippen LogP contribution in [0.5, 0.6) is 0 Å². The fraction of sp³-hybridized carbons (Fsp3) is 0.647. The van der Waals surface area contributed by atoms with Gasteiger partial charge < -0.3 is 15.5 Å². The van der Waals surface area contributed by atoms with Gasteiger partial charge in [0.1, 0.15) is 0 Å². The fourth-order valence-electron chi connectivity index (χ4n) is 2.82. The lowest BCUT2D eigenvalue weighted by Crippen LogP contribution is -2.43. The molecule has 1 aromatic rings. The number of nitrogens with one attached hydrogen (secondary N) is 2. The van der Waals surface area contributed by atoms with Crippen molar-refractivity contribution in [1.29, 1.82) is 0 Å². The SMILES string of the molecule is CCNC(=NCc1ccccn1)NCCN1CCCC(C)C1. The Bertz CT molecular complexity index is 446. The molecule has 2 heterocycles. The van der Waals surface area contributed by atoms with Crippen molar-refractivity contribution in [2.45, 2.75) is 33.2 Å². The number of hydrogen-bond donors (Lipinski definition) is 2. The maximum absolute atomic E-state index is 4.59. The quantitative estimate of drug-likeness (QED) is 0.622. The van der Waals surface area contributed by atoms with Gasteiger partial charge in [-0.05, 0) is 44.4 Å². The maximum Gasteiger partial charge on any atom is 0.191 e. The Kier molecular flexibility index (Phi) is 7.16. The third-order valence-corrected chi connectivity index (χ3v) is 3.93. The van der Waals surface area contributed by atoms with E-state index in [0.717, 1.165) is 37.2 Å². The first-order valence-electron chi connectivity index (χ1n) is 8.42. The highest BCUT2D eigenvalue weighted by Gasteiger charge is 2.15. The summed E-state index contributed by atoms with van der Waals surface area (Å²) in [5.74, 6) is 1.71. The van der Waals surface area contributed by atoms with E-state index in [1.165, 1.54) is 25.9 Å². The van der Waals surface area contributed by atoms with Crippen molar-refractivity contribution in [3.05, 3.63) is 30.1 Å². The lowest BCUT2D eigenvalue weighted by molar-refractivity contribution is 0.187. The van der Waals surface area contributed by atoms with E-state index >= 15 is 0 Å². The molecule has 1 aromatic heterocycles. The zero-order valence-electron chi connectivity index (χ0n) is 13.9. The molecule has 0 radical (unpaired) electrons. The average Bonchev–Trinajstić information content (AvgIpc) is 2.54. The van der Waals surface area contributed by atoms with Crippen LogP contribution in [0.2, 0.25) is 0 Å². The highest BCUT2D eigenvalue weighted by molar-refractivity contribution is 5.79. The molecule has 5 heteroatoms. The number of hydrogen-bond acceptors (Lipinski definition) is 3. The van der Waals surface area contributed by atoms with Crippen LogP contribution < -0.4 is 10.6 Å². The van der Waals surface area contributed by atoms with Gasteiger partial charge in [0.2, 0.25) is 0 Å². The highest BCUT2D eigenvalue weighted by Crippen LogP contribution is 2.14. The molecule has 0 spiro atoms. The van der Waals surface area contributed by atoms with Gasteiger partial charge in [-0.3, -0.25) is 4.98 Å². The first-order chi connectivity index (χ1) is 10.8. The minimum absolute atomic E-state index is 0.608. The molecule has 0 bridgehead atoms. The third-order valence-electron chi connectivity index (χ3n) is 3.93. The van der Waals surface area contributed by atoms with Crippen molar-refractivity contribution in [2.75, 3.05) is 32.7 Å². The smallest absolute Gasteiger partial charge is 0.191 e. The van der Waals surface area contributed by atoms with Crippen LogP contribution in [0, 0.1) is 5.92 Å². The summed E-state index contributed by atoms with van der Waals surface area (Å²) in [7, 11) is 0. The van der Waals surface area contributed by atoms with Gasteiger partial charge in [0, 0.05) is 32.4 Å². The number of rotatable bonds is 6. The molecule has 1 saturated heterocycles. The van der Waals surface area contributed by atoms with Crippen LogP contribution in [-0.4, -0.2) is 48.6 Å². The predicted molar refractivity (Wildman–Crippen MR) is 91.9 cm³/mol. The number of guanidine groups is 1. The van der Waals surface area contributed by atoms with E-state index in [9.17, 15) is 0 Å². The maximum atomic E-state index is 4.59. The second-order valence-electron chi connectivity index (χ2n) is 5.99.